The number of hydrogen-bond donors (Lipinski definition) is 1. The summed E-state index contributed by atoms with van der Waals surface area (Å²) in [5.41, 5.74) is 3.39. The lowest BCUT2D eigenvalue weighted by molar-refractivity contribution is -0.119. The van der Waals surface area contributed by atoms with Crippen LogP contribution in [0.15, 0.2) is 59.6 Å². The molecule has 0 fully saturated rings. The molecule has 1 aliphatic rings. The summed E-state index contributed by atoms with van der Waals surface area (Å²) < 4.78 is 0.964. The van der Waals surface area contributed by atoms with Crippen molar-refractivity contribution >= 4 is 39.5 Å². The van der Waals surface area contributed by atoms with E-state index in [2.05, 4.69) is 16.4 Å². The van der Waals surface area contributed by atoms with E-state index in [4.69, 9.17) is 0 Å². The highest BCUT2D eigenvalue weighted by Crippen LogP contribution is 2.34. The molecule has 5 heteroatoms. The molecule has 0 saturated carbocycles. The molecule has 0 radical (unpaired) electrons. The maximum Gasteiger partial charge on any atom is 0.230 e. The molecular weight excluding hydrogens is 324 g/mol. The number of hydrogen-bond acceptors (Lipinski definition) is 4. The van der Waals surface area contributed by atoms with E-state index in [1.165, 1.54) is 17.3 Å². The summed E-state index contributed by atoms with van der Waals surface area (Å²) in [5.74, 6) is 1.35. The third-order valence-electron chi connectivity index (χ3n) is 3.56. The summed E-state index contributed by atoms with van der Waals surface area (Å²) in [6, 6.07) is 18.2. The Labute approximate surface area is 145 Å². The Kier molecular flexibility index (Phi) is 5.41. The molecule has 0 saturated heterocycles. The van der Waals surface area contributed by atoms with Crippen LogP contribution in [0.2, 0.25) is 0 Å². The van der Waals surface area contributed by atoms with Gasteiger partial charge in [-0.1, -0.05) is 72.1 Å². The minimum absolute atomic E-state index is 0.0194. The highest BCUT2D eigenvalue weighted by Gasteiger charge is 2.15. The van der Waals surface area contributed by atoms with Gasteiger partial charge < -0.3 is 5.32 Å². The molecule has 1 amide bonds. The third kappa shape index (κ3) is 4.39. The first kappa shape index (κ1) is 16.1. The normalized spacial score (nSPS) is 14.6. The smallest absolute Gasteiger partial charge is 0.230 e. The van der Waals surface area contributed by atoms with Gasteiger partial charge in [-0.3, -0.25) is 4.79 Å². The van der Waals surface area contributed by atoms with Crippen LogP contribution in [0.3, 0.4) is 0 Å². The predicted molar refractivity (Wildman–Crippen MR) is 100 cm³/mol. The molecule has 0 bridgehead atoms. The first-order valence-electron chi connectivity index (χ1n) is 7.49. The average molecular weight is 342 g/mol. The standard InChI is InChI=1S/C18H18N2OS2/c1-13(14-7-3-2-4-8-14)19-17(21)12-23-18-20-16-10-6-5-9-15(16)11-22-18/h2-10,13H,11-12H2,1H3,(H,19,21)/t13-/m1/s1. The van der Waals surface area contributed by atoms with Crippen LogP contribution in [-0.4, -0.2) is 16.0 Å². The summed E-state index contributed by atoms with van der Waals surface area (Å²) in [7, 11) is 0. The summed E-state index contributed by atoms with van der Waals surface area (Å²) in [6.45, 7) is 2.00. The number of fused-ring (bicyclic) bond motifs is 1. The van der Waals surface area contributed by atoms with E-state index in [9.17, 15) is 4.79 Å². The Morgan fingerprint density at radius 2 is 1.96 bits per heavy atom. The Morgan fingerprint density at radius 3 is 2.78 bits per heavy atom. The van der Waals surface area contributed by atoms with E-state index in [0.717, 1.165) is 21.4 Å². The minimum Gasteiger partial charge on any atom is -0.349 e. The number of nitrogens with zero attached hydrogens (tertiary/aromatic N) is 1. The maximum absolute atomic E-state index is 12.1. The minimum atomic E-state index is 0.0194. The van der Waals surface area contributed by atoms with Gasteiger partial charge in [0.05, 0.1) is 17.5 Å². The van der Waals surface area contributed by atoms with Gasteiger partial charge >= 0.3 is 0 Å². The van der Waals surface area contributed by atoms with Gasteiger partial charge in [0.25, 0.3) is 0 Å². The number of carbonyl (C=O) groups excluding carboxylic acids is 1. The Bertz CT molecular complexity index is 716. The summed E-state index contributed by atoms with van der Waals surface area (Å²) in [6.07, 6.45) is 0. The molecule has 2 aromatic carbocycles. The van der Waals surface area contributed by atoms with Crippen LogP contribution in [0.25, 0.3) is 0 Å². The number of benzene rings is 2. The van der Waals surface area contributed by atoms with Crippen LogP contribution < -0.4 is 5.32 Å². The summed E-state index contributed by atoms with van der Waals surface area (Å²) in [5, 5.41) is 3.03. The fourth-order valence-corrected chi connectivity index (χ4v) is 4.20. The summed E-state index contributed by atoms with van der Waals surface area (Å²) >= 11 is 3.20. The topological polar surface area (TPSA) is 41.5 Å². The van der Waals surface area contributed by atoms with Gasteiger partial charge in [0, 0.05) is 5.75 Å². The van der Waals surface area contributed by atoms with Crippen molar-refractivity contribution in [3.63, 3.8) is 0 Å². The van der Waals surface area contributed by atoms with Crippen molar-refractivity contribution in [1.82, 2.24) is 5.32 Å². The number of para-hydroxylation sites is 1. The molecule has 0 spiro atoms. The molecule has 3 rings (SSSR count). The van der Waals surface area contributed by atoms with Crippen molar-refractivity contribution < 1.29 is 4.79 Å². The van der Waals surface area contributed by atoms with Gasteiger partial charge in [-0.05, 0) is 24.1 Å². The van der Waals surface area contributed by atoms with Crippen LogP contribution >= 0.6 is 23.5 Å². The summed E-state index contributed by atoms with van der Waals surface area (Å²) in [4.78, 5) is 16.7. The molecule has 1 aliphatic heterocycles. The van der Waals surface area contributed by atoms with E-state index in [-0.39, 0.29) is 11.9 Å². The Hall–Kier alpha value is -1.72. The molecule has 23 heavy (non-hydrogen) atoms. The number of nitrogens with one attached hydrogen (secondary N) is 1. The monoisotopic (exact) mass is 342 g/mol. The van der Waals surface area contributed by atoms with Gasteiger partial charge in [0.15, 0.2) is 0 Å². The van der Waals surface area contributed by atoms with Crippen LogP contribution in [0.4, 0.5) is 5.69 Å². The first-order valence-corrected chi connectivity index (χ1v) is 9.46. The zero-order valence-electron chi connectivity index (χ0n) is 12.9. The van der Waals surface area contributed by atoms with Crippen LogP contribution in [0.5, 0.6) is 0 Å². The lowest BCUT2D eigenvalue weighted by Gasteiger charge is -2.16. The fourth-order valence-electron chi connectivity index (χ4n) is 2.32. The van der Waals surface area contributed by atoms with Crippen LogP contribution in [-0.2, 0) is 10.5 Å². The SMILES string of the molecule is C[C@@H](NC(=O)CSC1=Nc2ccccc2CS1)c1ccccc1. The van der Waals surface area contributed by atoms with Gasteiger partial charge in [-0.15, -0.1) is 0 Å². The van der Waals surface area contributed by atoms with E-state index >= 15 is 0 Å². The molecule has 1 atom stereocenters. The Morgan fingerprint density at radius 1 is 1.22 bits per heavy atom. The lowest BCUT2D eigenvalue weighted by atomic mass is 10.1. The van der Waals surface area contributed by atoms with Gasteiger partial charge in [-0.25, -0.2) is 4.99 Å². The quantitative estimate of drug-likeness (QED) is 0.887. The van der Waals surface area contributed by atoms with Gasteiger partial charge in [0.1, 0.15) is 4.38 Å². The highest BCUT2D eigenvalue weighted by atomic mass is 32.2. The van der Waals surface area contributed by atoms with Gasteiger partial charge in [-0.2, -0.15) is 0 Å². The molecule has 1 heterocycles. The second-order valence-electron chi connectivity index (χ2n) is 5.28. The highest BCUT2D eigenvalue weighted by molar-refractivity contribution is 8.38. The van der Waals surface area contributed by atoms with Crippen LogP contribution in [0, 0.1) is 0 Å². The maximum atomic E-state index is 12.1. The predicted octanol–water partition coefficient (Wildman–Crippen LogP) is 4.53. The number of aliphatic imine (C=N–C) groups is 1. The van der Waals surface area contributed by atoms with Crippen molar-refractivity contribution in [3.05, 3.63) is 65.7 Å². The lowest BCUT2D eigenvalue weighted by Crippen LogP contribution is -2.28. The third-order valence-corrected chi connectivity index (χ3v) is 5.80. The molecule has 2 aromatic rings. The first-order chi connectivity index (χ1) is 11.2. The van der Waals surface area contributed by atoms with E-state index < -0.39 is 0 Å². The molecule has 0 aliphatic carbocycles. The molecule has 0 aromatic heterocycles. The number of rotatable bonds is 4. The molecule has 0 unspecified atom stereocenters. The second-order valence-corrected chi connectivity index (χ2v) is 7.47. The van der Waals surface area contributed by atoms with Crippen molar-refractivity contribution in [2.75, 3.05) is 5.75 Å². The zero-order valence-corrected chi connectivity index (χ0v) is 14.5. The largest absolute Gasteiger partial charge is 0.349 e. The van der Waals surface area contributed by atoms with E-state index in [1.807, 2.05) is 55.5 Å². The molecule has 1 N–H and O–H groups in total. The molecular formula is C18H18N2OS2. The van der Waals surface area contributed by atoms with E-state index in [0.29, 0.717) is 5.75 Å². The van der Waals surface area contributed by atoms with Crippen molar-refractivity contribution in [3.8, 4) is 0 Å². The number of carbonyl (C=O) groups is 1. The average Bonchev–Trinajstić information content (AvgIpc) is 2.60. The molecule has 118 valence electrons. The zero-order chi connectivity index (χ0) is 16.1. The van der Waals surface area contributed by atoms with Crippen LogP contribution in [0.1, 0.15) is 24.1 Å². The van der Waals surface area contributed by atoms with Crippen molar-refractivity contribution in [2.24, 2.45) is 4.99 Å². The van der Waals surface area contributed by atoms with Crippen molar-refractivity contribution in [1.29, 1.82) is 0 Å². The fraction of sp³-hybridized carbons (Fsp3) is 0.222. The second kappa shape index (κ2) is 7.70. The van der Waals surface area contributed by atoms with Gasteiger partial charge in [0.2, 0.25) is 5.91 Å². The Balaban J connectivity index is 1.53. The molecule has 3 nitrogen and oxygen atoms in total. The number of amides is 1. The van der Waals surface area contributed by atoms with Crippen molar-refractivity contribution in [2.45, 2.75) is 18.7 Å². The number of thioether (sulfide) groups is 2. The van der Waals surface area contributed by atoms with E-state index in [1.54, 1.807) is 11.8 Å².